The van der Waals surface area contributed by atoms with Crippen LogP contribution in [0.25, 0.3) is 0 Å². The largest absolute Gasteiger partial charge is 0.391 e. The Kier molecular flexibility index (Phi) is 5.43. The first kappa shape index (κ1) is 21.8. The van der Waals surface area contributed by atoms with Crippen molar-refractivity contribution in [2.75, 3.05) is 28.2 Å². The minimum atomic E-state index is -4.48. The van der Waals surface area contributed by atoms with E-state index in [1.807, 2.05) is 4.90 Å². The number of halogens is 3. The highest BCUT2D eigenvalue weighted by atomic mass is 19.4. The summed E-state index contributed by atoms with van der Waals surface area (Å²) in [4.78, 5) is 45.5. The van der Waals surface area contributed by atoms with Gasteiger partial charge in [-0.2, -0.15) is 13.2 Å². The monoisotopic (exact) mass is 449 g/mol. The van der Waals surface area contributed by atoms with Crippen molar-refractivity contribution >= 4 is 29.0 Å². The second kappa shape index (κ2) is 7.95. The molecule has 4 heterocycles. The summed E-state index contributed by atoms with van der Waals surface area (Å²) in [5.74, 6) is -2.35. The van der Waals surface area contributed by atoms with E-state index >= 15 is 0 Å². The minimum absolute atomic E-state index is 0.0909. The SMILES string of the molecule is C[C@@H](CC(=O)c1ccc2c(n1)N(C(=O)Nc1cn(C)ccc1=O)[C@H]1CCN2C1)C(F)(F)F. The predicted molar refractivity (Wildman–Crippen MR) is 112 cm³/mol. The number of rotatable bonds is 4. The number of fused-ring (bicyclic) bond motifs is 4. The van der Waals surface area contributed by atoms with E-state index in [0.717, 1.165) is 6.92 Å². The van der Waals surface area contributed by atoms with Gasteiger partial charge < -0.3 is 14.8 Å². The standard InChI is InChI=1S/C21H22F3N5O3/c1-12(21(22,23)24)9-18(31)14-3-4-16-19(25-14)29(13-5-8-28(16)10-13)20(32)26-15-11-27(2)7-6-17(15)30/h3-4,6-7,11-13H,5,8-10H2,1-2H3,(H,26,32)/t12-,13-/m0/s1. The molecule has 0 saturated carbocycles. The number of alkyl halides is 3. The number of pyridine rings is 2. The Morgan fingerprint density at radius 2 is 2.03 bits per heavy atom. The molecule has 0 radical (unpaired) electrons. The fourth-order valence-electron chi connectivity index (χ4n) is 3.98. The molecule has 2 aliphatic heterocycles. The van der Waals surface area contributed by atoms with Gasteiger partial charge in [-0.3, -0.25) is 14.5 Å². The summed E-state index contributed by atoms with van der Waals surface area (Å²) < 4.78 is 40.3. The molecule has 1 N–H and O–H groups in total. The highest BCUT2D eigenvalue weighted by Gasteiger charge is 2.41. The van der Waals surface area contributed by atoms with Gasteiger partial charge in [0.25, 0.3) is 0 Å². The zero-order valence-corrected chi connectivity index (χ0v) is 17.5. The van der Waals surface area contributed by atoms with Gasteiger partial charge in [-0.1, -0.05) is 6.92 Å². The number of urea groups is 1. The third kappa shape index (κ3) is 4.06. The Bertz CT molecular complexity index is 1130. The van der Waals surface area contributed by atoms with Crippen LogP contribution in [0.5, 0.6) is 0 Å². The number of nitrogens with one attached hydrogen (secondary N) is 1. The van der Waals surface area contributed by atoms with Gasteiger partial charge in [0, 0.05) is 45.0 Å². The normalized spacial score (nSPS) is 18.3. The van der Waals surface area contributed by atoms with Crippen molar-refractivity contribution in [1.82, 2.24) is 9.55 Å². The van der Waals surface area contributed by atoms with E-state index in [-0.39, 0.29) is 28.7 Å². The van der Waals surface area contributed by atoms with Gasteiger partial charge in [-0.05, 0) is 18.6 Å². The van der Waals surface area contributed by atoms with Gasteiger partial charge in [0.1, 0.15) is 11.4 Å². The average molecular weight is 449 g/mol. The number of hydrogen-bond acceptors (Lipinski definition) is 5. The highest BCUT2D eigenvalue weighted by Crippen LogP contribution is 2.39. The molecule has 0 spiro atoms. The number of amides is 2. The fourth-order valence-corrected chi connectivity index (χ4v) is 3.98. The van der Waals surface area contributed by atoms with Crippen molar-refractivity contribution in [3.8, 4) is 0 Å². The fraction of sp³-hybridized carbons (Fsp3) is 0.429. The van der Waals surface area contributed by atoms with Crippen LogP contribution in [0.4, 0.5) is 35.2 Å². The molecule has 2 aromatic rings. The lowest BCUT2D eigenvalue weighted by atomic mass is 10.0. The molecule has 11 heteroatoms. The number of carbonyl (C=O) groups is 2. The Morgan fingerprint density at radius 1 is 1.28 bits per heavy atom. The topological polar surface area (TPSA) is 87.5 Å². The number of hydrogen-bond donors (Lipinski definition) is 1. The van der Waals surface area contributed by atoms with Crippen LogP contribution < -0.4 is 20.5 Å². The molecular formula is C21H22F3N5O3. The molecule has 2 bridgehead atoms. The molecular weight excluding hydrogens is 427 g/mol. The molecule has 2 atom stereocenters. The van der Waals surface area contributed by atoms with Crippen LogP contribution in [0.1, 0.15) is 30.3 Å². The molecule has 4 rings (SSSR count). The summed E-state index contributed by atoms with van der Waals surface area (Å²) in [6.07, 6.45) is -1.51. The maximum Gasteiger partial charge on any atom is 0.391 e. The Balaban J connectivity index is 1.65. The van der Waals surface area contributed by atoms with E-state index in [9.17, 15) is 27.6 Å². The number of Topliss-reactive ketones (excluding diaryl/α,β-unsaturated/α-hetero) is 1. The van der Waals surface area contributed by atoms with Gasteiger partial charge in [0.05, 0.1) is 17.6 Å². The van der Waals surface area contributed by atoms with Crippen LogP contribution in [-0.2, 0) is 7.05 Å². The van der Waals surface area contributed by atoms with Crippen LogP contribution in [0.15, 0.2) is 35.4 Å². The lowest BCUT2D eigenvalue weighted by molar-refractivity contribution is -0.168. The van der Waals surface area contributed by atoms with Crippen molar-refractivity contribution in [3.63, 3.8) is 0 Å². The van der Waals surface area contributed by atoms with Crippen LogP contribution in [0, 0.1) is 5.92 Å². The summed E-state index contributed by atoms with van der Waals surface area (Å²) in [7, 11) is 1.71. The molecule has 1 saturated heterocycles. The maximum atomic E-state index is 13.1. The van der Waals surface area contributed by atoms with Crippen molar-refractivity contribution in [2.45, 2.75) is 32.0 Å². The number of nitrogens with zero attached hydrogens (tertiary/aromatic N) is 4. The summed E-state index contributed by atoms with van der Waals surface area (Å²) in [5, 5.41) is 2.61. The number of aromatic nitrogens is 2. The smallest absolute Gasteiger partial charge is 0.366 e. The van der Waals surface area contributed by atoms with Crippen molar-refractivity contribution < 1.29 is 22.8 Å². The molecule has 0 aliphatic carbocycles. The summed E-state index contributed by atoms with van der Waals surface area (Å²) in [6.45, 7) is 2.18. The van der Waals surface area contributed by atoms with Crippen LogP contribution in [0.3, 0.4) is 0 Å². The second-order valence-corrected chi connectivity index (χ2v) is 8.19. The van der Waals surface area contributed by atoms with E-state index in [1.54, 1.807) is 23.9 Å². The third-order valence-corrected chi connectivity index (χ3v) is 5.81. The lowest BCUT2D eigenvalue weighted by Crippen LogP contribution is -2.48. The van der Waals surface area contributed by atoms with E-state index in [0.29, 0.717) is 25.2 Å². The number of carbonyl (C=O) groups excluding carboxylic acids is 2. The third-order valence-electron chi connectivity index (χ3n) is 5.81. The first-order chi connectivity index (χ1) is 15.0. The molecule has 2 aromatic heterocycles. The van der Waals surface area contributed by atoms with Crippen molar-refractivity contribution in [1.29, 1.82) is 0 Å². The minimum Gasteiger partial charge on any atom is -0.366 e. The van der Waals surface area contributed by atoms with Crippen LogP contribution in [0.2, 0.25) is 0 Å². The Hall–Kier alpha value is -3.37. The maximum absolute atomic E-state index is 13.1. The lowest BCUT2D eigenvalue weighted by Gasteiger charge is -2.35. The molecule has 2 aliphatic rings. The van der Waals surface area contributed by atoms with Gasteiger partial charge >= 0.3 is 12.2 Å². The molecule has 0 aromatic carbocycles. The number of anilines is 3. The predicted octanol–water partition coefficient (Wildman–Crippen LogP) is 3.18. The van der Waals surface area contributed by atoms with Gasteiger partial charge in [0.2, 0.25) is 5.43 Å². The highest BCUT2D eigenvalue weighted by molar-refractivity contribution is 6.05. The van der Waals surface area contributed by atoms with E-state index in [4.69, 9.17) is 0 Å². The average Bonchev–Trinajstić information content (AvgIpc) is 3.14. The second-order valence-electron chi connectivity index (χ2n) is 8.19. The van der Waals surface area contributed by atoms with E-state index < -0.39 is 30.3 Å². The summed E-state index contributed by atoms with van der Waals surface area (Å²) >= 11 is 0. The van der Waals surface area contributed by atoms with Gasteiger partial charge in [0.15, 0.2) is 11.6 Å². The zero-order chi connectivity index (χ0) is 23.2. The Labute approximate surface area is 181 Å². The van der Waals surface area contributed by atoms with E-state index in [2.05, 4.69) is 10.3 Å². The molecule has 32 heavy (non-hydrogen) atoms. The van der Waals surface area contributed by atoms with Gasteiger partial charge in [-0.25, -0.2) is 9.78 Å². The van der Waals surface area contributed by atoms with Crippen LogP contribution in [-0.4, -0.2) is 46.7 Å². The first-order valence-electron chi connectivity index (χ1n) is 10.2. The van der Waals surface area contributed by atoms with Crippen LogP contribution >= 0.6 is 0 Å². The molecule has 170 valence electrons. The summed E-state index contributed by atoms with van der Waals surface area (Å²) in [6, 6.07) is 3.51. The Morgan fingerprint density at radius 3 is 2.75 bits per heavy atom. The number of aryl methyl sites for hydroxylation is 1. The zero-order valence-electron chi connectivity index (χ0n) is 17.5. The van der Waals surface area contributed by atoms with E-state index in [1.165, 1.54) is 23.2 Å². The quantitative estimate of drug-likeness (QED) is 0.725. The number of ketones is 1. The van der Waals surface area contributed by atoms with Crippen molar-refractivity contribution in [2.24, 2.45) is 13.0 Å². The van der Waals surface area contributed by atoms with Gasteiger partial charge in [-0.15, -0.1) is 0 Å². The molecule has 0 unspecified atom stereocenters. The molecule has 8 nitrogen and oxygen atoms in total. The summed E-state index contributed by atoms with van der Waals surface area (Å²) in [5.41, 5.74) is 0.221. The first-order valence-corrected chi connectivity index (χ1v) is 10.2. The van der Waals surface area contributed by atoms with Crippen molar-refractivity contribution in [3.05, 3.63) is 46.5 Å². The molecule has 1 fully saturated rings. The molecule has 2 amide bonds.